The summed E-state index contributed by atoms with van der Waals surface area (Å²) >= 11 is 0. The van der Waals surface area contributed by atoms with Gasteiger partial charge < -0.3 is 25.3 Å². The van der Waals surface area contributed by atoms with Crippen LogP contribution in [0.1, 0.15) is 16.8 Å². The Labute approximate surface area is 174 Å². The van der Waals surface area contributed by atoms with Gasteiger partial charge in [-0.1, -0.05) is 0 Å². The summed E-state index contributed by atoms with van der Waals surface area (Å²) in [5, 5.41) is 24.5. The second-order valence-electron chi connectivity index (χ2n) is 6.28. The number of nitro groups is 2. The minimum absolute atomic E-state index is 0.138. The molecule has 0 radical (unpaired) electrons. The largest absolute Gasteiger partial charge is 0.489 e. The van der Waals surface area contributed by atoms with Crippen molar-refractivity contribution in [3.05, 3.63) is 56.1 Å². The van der Waals surface area contributed by atoms with Crippen LogP contribution in [-0.4, -0.2) is 41.5 Å². The van der Waals surface area contributed by atoms with E-state index in [1.54, 1.807) is 0 Å². The maximum Gasteiger partial charge on any atom is 0.338 e. The molecule has 0 atom stereocenters. The number of fused-ring (bicyclic) bond motifs is 1. The number of nitrogens with one attached hydrogen (secondary N) is 1. The number of nitrogens with zero attached hydrogens (tertiary/aromatic N) is 2. The first-order valence-corrected chi connectivity index (χ1v) is 8.85. The van der Waals surface area contributed by atoms with E-state index in [2.05, 4.69) is 5.32 Å². The topological polar surface area (TPSA) is 186 Å². The average molecular weight is 432 g/mol. The first-order chi connectivity index (χ1) is 14.8. The van der Waals surface area contributed by atoms with Gasteiger partial charge in [0, 0.05) is 18.6 Å². The first-order valence-electron chi connectivity index (χ1n) is 8.85. The van der Waals surface area contributed by atoms with E-state index in [-0.39, 0.29) is 28.4 Å². The normalized spacial score (nSPS) is 12.4. The summed E-state index contributed by atoms with van der Waals surface area (Å²) < 4.78 is 15.7. The zero-order chi connectivity index (χ0) is 22.5. The van der Waals surface area contributed by atoms with Gasteiger partial charge in [0.2, 0.25) is 0 Å². The Morgan fingerprint density at radius 2 is 1.68 bits per heavy atom. The summed E-state index contributed by atoms with van der Waals surface area (Å²) in [6.07, 6.45) is 0.587. The number of hydrogen-bond donors (Lipinski definition) is 2. The van der Waals surface area contributed by atoms with Gasteiger partial charge in [-0.3, -0.25) is 25.0 Å². The summed E-state index contributed by atoms with van der Waals surface area (Å²) in [6.45, 7) is -0.124. The Kier molecular flexibility index (Phi) is 6.14. The lowest BCUT2D eigenvalue weighted by atomic mass is 10.2. The van der Waals surface area contributed by atoms with Gasteiger partial charge >= 0.3 is 5.97 Å². The van der Waals surface area contributed by atoms with Crippen LogP contribution < -0.4 is 20.5 Å². The van der Waals surface area contributed by atoms with Gasteiger partial charge in [-0.05, 0) is 12.1 Å². The average Bonchev–Trinajstić information content (AvgIpc) is 2.96. The highest BCUT2D eigenvalue weighted by Crippen LogP contribution is 2.39. The van der Waals surface area contributed by atoms with E-state index in [0.717, 1.165) is 18.2 Å². The summed E-state index contributed by atoms with van der Waals surface area (Å²) in [4.78, 5) is 45.1. The molecule has 0 saturated heterocycles. The number of rotatable bonds is 6. The van der Waals surface area contributed by atoms with Crippen molar-refractivity contribution in [2.45, 2.75) is 6.42 Å². The molecular formula is C18H16N4O9. The number of ether oxygens (including phenoxy) is 3. The Hall–Kier alpha value is -4.42. The number of anilines is 2. The zero-order valence-electron chi connectivity index (χ0n) is 15.9. The molecule has 0 bridgehead atoms. The van der Waals surface area contributed by atoms with Crippen LogP contribution in [0.2, 0.25) is 0 Å². The molecule has 0 unspecified atom stereocenters. The van der Waals surface area contributed by atoms with Crippen molar-refractivity contribution in [3.8, 4) is 11.5 Å². The molecule has 162 valence electrons. The molecule has 0 fully saturated rings. The minimum Gasteiger partial charge on any atom is -0.489 e. The standard InChI is InChI=1S/C18H16N4O9/c19-11-3-2-10(6-13(11)21(25)26)18(24)31-9-17(23)20-12-7-15-16(8-14(12)22(27)28)30-5-1-4-29-15/h2-3,6-8H,1,4-5,9,19H2,(H,20,23). The fourth-order valence-electron chi connectivity index (χ4n) is 2.68. The van der Waals surface area contributed by atoms with Gasteiger partial charge in [-0.2, -0.15) is 0 Å². The predicted molar refractivity (Wildman–Crippen MR) is 105 cm³/mol. The van der Waals surface area contributed by atoms with Gasteiger partial charge in [0.05, 0.1) is 34.7 Å². The van der Waals surface area contributed by atoms with Crippen LogP contribution in [0.4, 0.5) is 22.7 Å². The van der Waals surface area contributed by atoms with Crippen LogP contribution in [0.3, 0.4) is 0 Å². The fourth-order valence-corrected chi connectivity index (χ4v) is 2.68. The van der Waals surface area contributed by atoms with E-state index in [9.17, 15) is 29.8 Å². The van der Waals surface area contributed by atoms with E-state index < -0.39 is 39.7 Å². The van der Waals surface area contributed by atoms with Crippen molar-refractivity contribution >= 4 is 34.6 Å². The smallest absolute Gasteiger partial charge is 0.338 e. The molecule has 1 aliphatic rings. The lowest BCUT2D eigenvalue weighted by Gasteiger charge is -2.11. The number of amides is 1. The molecule has 1 heterocycles. The molecule has 1 aliphatic heterocycles. The summed E-state index contributed by atoms with van der Waals surface area (Å²) in [6, 6.07) is 5.68. The van der Waals surface area contributed by atoms with Gasteiger partial charge in [-0.15, -0.1) is 0 Å². The number of nitrogens with two attached hydrogens (primary N) is 1. The van der Waals surface area contributed by atoms with Crippen LogP contribution >= 0.6 is 0 Å². The maximum atomic E-state index is 12.2. The second kappa shape index (κ2) is 8.94. The molecule has 3 rings (SSSR count). The zero-order valence-corrected chi connectivity index (χ0v) is 15.9. The number of nitro benzene ring substituents is 2. The highest BCUT2D eigenvalue weighted by molar-refractivity contribution is 5.97. The van der Waals surface area contributed by atoms with Crippen molar-refractivity contribution in [1.82, 2.24) is 0 Å². The summed E-state index contributed by atoms with van der Waals surface area (Å²) in [5.74, 6) is -1.47. The summed E-state index contributed by atoms with van der Waals surface area (Å²) in [7, 11) is 0. The molecule has 13 heteroatoms. The molecular weight excluding hydrogens is 416 g/mol. The van der Waals surface area contributed by atoms with Crippen LogP contribution in [0, 0.1) is 20.2 Å². The van der Waals surface area contributed by atoms with Crippen LogP contribution in [0.25, 0.3) is 0 Å². The van der Waals surface area contributed by atoms with Gasteiger partial charge in [-0.25, -0.2) is 4.79 Å². The van der Waals surface area contributed by atoms with Gasteiger partial charge in [0.15, 0.2) is 18.1 Å². The molecule has 2 aromatic rings. The van der Waals surface area contributed by atoms with E-state index in [4.69, 9.17) is 19.9 Å². The molecule has 0 aliphatic carbocycles. The van der Waals surface area contributed by atoms with Crippen molar-refractivity contribution < 1.29 is 33.6 Å². The van der Waals surface area contributed by atoms with Crippen molar-refractivity contribution in [2.24, 2.45) is 0 Å². The number of hydrogen-bond acceptors (Lipinski definition) is 10. The Morgan fingerprint density at radius 3 is 2.32 bits per heavy atom. The van der Waals surface area contributed by atoms with Crippen LogP contribution in [-0.2, 0) is 9.53 Å². The molecule has 0 aromatic heterocycles. The van der Waals surface area contributed by atoms with E-state index in [1.165, 1.54) is 12.1 Å². The third-order valence-electron chi connectivity index (χ3n) is 4.13. The number of carbonyl (C=O) groups is 2. The number of esters is 1. The monoisotopic (exact) mass is 432 g/mol. The molecule has 31 heavy (non-hydrogen) atoms. The van der Waals surface area contributed by atoms with E-state index in [0.29, 0.717) is 19.6 Å². The minimum atomic E-state index is -1.01. The fraction of sp³-hybridized carbons (Fsp3) is 0.222. The second-order valence-corrected chi connectivity index (χ2v) is 6.28. The quantitative estimate of drug-likeness (QED) is 0.296. The van der Waals surface area contributed by atoms with Gasteiger partial charge in [0.1, 0.15) is 11.4 Å². The number of nitrogen functional groups attached to an aromatic ring is 1. The molecule has 0 saturated carbocycles. The Balaban J connectivity index is 1.70. The van der Waals surface area contributed by atoms with E-state index in [1.807, 2.05) is 0 Å². The molecule has 0 spiro atoms. The van der Waals surface area contributed by atoms with Crippen molar-refractivity contribution in [2.75, 3.05) is 30.9 Å². The Bertz CT molecular complexity index is 1070. The van der Waals surface area contributed by atoms with Crippen molar-refractivity contribution in [1.29, 1.82) is 0 Å². The number of carbonyl (C=O) groups excluding carboxylic acids is 2. The Morgan fingerprint density at radius 1 is 1.03 bits per heavy atom. The van der Waals surface area contributed by atoms with Crippen LogP contribution in [0.15, 0.2) is 30.3 Å². The SMILES string of the molecule is Nc1ccc(C(=O)OCC(=O)Nc2cc3c(cc2[N+](=O)[O-])OCCCO3)cc1[N+](=O)[O-]. The van der Waals surface area contributed by atoms with Crippen LogP contribution in [0.5, 0.6) is 11.5 Å². The molecule has 1 amide bonds. The first kappa shape index (κ1) is 21.3. The third-order valence-corrected chi connectivity index (χ3v) is 4.13. The highest BCUT2D eigenvalue weighted by Gasteiger charge is 2.24. The lowest BCUT2D eigenvalue weighted by molar-refractivity contribution is -0.384. The van der Waals surface area contributed by atoms with E-state index >= 15 is 0 Å². The predicted octanol–water partition coefficient (Wildman–Crippen LogP) is 2.04. The van der Waals surface area contributed by atoms with Gasteiger partial charge in [0.25, 0.3) is 17.3 Å². The lowest BCUT2D eigenvalue weighted by Crippen LogP contribution is -2.21. The van der Waals surface area contributed by atoms with Crippen molar-refractivity contribution in [3.63, 3.8) is 0 Å². The highest BCUT2D eigenvalue weighted by atomic mass is 16.6. The molecule has 3 N–H and O–H groups in total. The number of benzene rings is 2. The molecule has 13 nitrogen and oxygen atoms in total. The molecule has 2 aromatic carbocycles. The maximum absolute atomic E-state index is 12.2. The summed E-state index contributed by atoms with van der Waals surface area (Å²) in [5.41, 5.74) is 4.06. The third kappa shape index (κ3) is 4.95.